The van der Waals surface area contributed by atoms with Gasteiger partial charge in [0, 0.05) is 19.6 Å². The molecule has 2 rings (SSSR count). The fourth-order valence-electron chi connectivity index (χ4n) is 3.52. The predicted molar refractivity (Wildman–Crippen MR) is 92.8 cm³/mol. The lowest BCUT2D eigenvalue weighted by Crippen LogP contribution is -2.40. The number of aromatic nitrogens is 2. The Morgan fingerprint density at radius 1 is 1.35 bits per heavy atom. The van der Waals surface area contributed by atoms with E-state index in [0.717, 1.165) is 57.4 Å². The maximum atomic E-state index is 8.85. The molecule has 1 atom stereocenters. The van der Waals surface area contributed by atoms with E-state index in [9.17, 15) is 0 Å². The first kappa shape index (κ1) is 18.5. The molecule has 1 aliphatic heterocycles. The number of aryl methyl sites for hydroxylation is 2. The normalized spacial score (nSPS) is 18.3. The number of nitrogens with zero attached hydrogens (tertiary/aromatic N) is 3. The van der Waals surface area contributed by atoms with Gasteiger partial charge in [-0.2, -0.15) is 5.10 Å². The number of hydrogen-bond acceptors (Lipinski definition) is 5. The zero-order valence-corrected chi connectivity index (χ0v) is 14.5. The number of rotatable bonds is 8. The molecule has 1 aromatic rings. The maximum absolute atomic E-state index is 8.85. The summed E-state index contributed by atoms with van der Waals surface area (Å²) in [4.78, 5) is 2.49. The molecule has 0 spiro atoms. The lowest BCUT2D eigenvalue weighted by Gasteiger charge is -2.34. The van der Waals surface area contributed by atoms with Crippen molar-refractivity contribution in [3.05, 3.63) is 17.5 Å². The van der Waals surface area contributed by atoms with Crippen LogP contribution in [0.25, 0.3) is 0 Å². The van der Waals surface area contributed by atoms with E-state index in [2.05, 4.69) is 16.1 Å². The Morgan fingerprint density at radius 2 is 2.04 bits per heavy atom. The molecule has 0 bridgehead atoms. The van der Waals surface area contributed by atoms with Crippen LogP contribution < -0.4 is 5.73 Å². The minimum atomic E-state index is -1.18. The van der Waals surface area contributed by atoms with Gasteiger partial charge in [-0.1, -0.05) is 12.8 Å². The van der Waals surface area contributed by atoms with E-state index in [1.165, 1.54) is 5.69 Å². The molecule has 130 valence electrons. The van der Waals surface area contributed by atoms with Crippen molar-refractivity contribution in [2.75, 3.05) is 13.1 Å². The summed E-state index contributed by atoms with van der Waals surface area (Å²) in [7, 11) is 0.832. The van der Waals surface area contributed by atoms with Crippen LogP contribution in [0.2, 0.25) is 6.32 Å². The maximum Gasteiger partial charge on any atom is 0.451 e. The first-order valence-electron chi connectivity index (χ1n) is 8.79. The second-order valence-electron chi connectivity index (χ2n) is 6.94. The van der Waals surface area contributed by atoms with Gasteiger partial charge in [-0.3, -0.25) is 9.58 Å². The van der Waals surface area contributed by atoms with Gasteiger partial charge in [-0.15, -0.1) is 0 Å². The van der Waals surface area contributed by atoms with E-state index in [1.54, 1.807) is 0 Å². The van der Waals surface area contributed by atoms with E-state index in [-0.39, 0.29) is 6.04 Å². The van der Waals surface area contributed by atoms with Crippen LogP contribution in [0.1, 0.15) is 43.5 Å². The quantitative estimate of drug-likeness (QED) is 0.489. The van der Waals surface area contributed by atoms with Crippen molar-refractivity contribution in [3.63, 3.8) is 0 Å². The predicted octanol–water partition coefficient (Wildman–Crippen LogP) is 0.911. The Hall–Kier alpha value is -0.885. The topological polar surface area (TPSA) is 87.5 Å². The van der Waals surface area contributed by atoms with E-state index in [0.29, 0.717) is 12.2 Å². The molecule has 1 aromatic heterocycles. The number of nitrogens with two attached hydrogens (primary N) is 1. The van der Waals surface area contributed by atoms with Crippen molar-refractivity contribution in [3.8, 4) is 0 Å². The molecule has 1 fully saturated rings. The van der Waals surface area contributed by atoms with E-state index in [1.807, 2.05) is 18.7 Å². The third kappa shape index (κ3) is 5.92. The van der Waals surface area contributed by atoms with Crippen LogP contribution in [-0.4, -0.2) is 51.0 Å². The summed E-state index contributed by atoms with van der Waals surface area (Å²) in [5.41, 5.74) is 8.68. The molecule has 1 unspecified atom stereocenters. The molecule has 2 heterocycles. The van der Waals surface area contributed by atoms with Crippen LogP contribution in [0.15, 0.2) is 6.07 Å². The Bertz CT molecular complexity index is 473. The molecule has 0 aliphatic carbocycles. The molecule has 0 radical (unpaired) electrons. The molecule has 7 heteroatoms. The molecule has 0 aromatic carbocycles. The van der Waals surface area contributed by atoms with Gasteiger partial charge in [0.25, 0.3) is 0 Å². The molecule has 4 N–H and O–H groups in total. The third-order valence-electron chi connectivity index (χ3n) is 4.97. The average Bonchev–Trinajstić information content (AvgIpc) is 2.82. The highest BCUT2D eigenvalue weighted by atomic mass is 16.4. The summed E-state index contributed by atoms with van der Waals surface area (Å²) < 4.78 is 1.97. The molecule has 6 nitrogen and oxygen atoms in total. The first-order valence-corrected chi connectivity index (χ1v) is 8.79. The van der Waals surface area contributed by atoms with Gasteiger partial charge in [-0.25, -0.2) is 0 Å². The minimum Gasteiger partial charge on any atom is -0.427 e. The summed E-state index contributed by atoms with van der Waals surface area (Å²) in [5.74, 6) is 0.596. The number of unbranched alkanes of at least 4 members (excludes halogenated alkanes) is 1. The van der Waals surface area contributed by atoms with Gasteiger partial charge in [0.2, 0.25) is 0 Å². The van der Waals surface area contributed by atoms with Crippen molar-refractivity contribution < 1.29 is 10.0 Å². The van der Waals surface area contributed by atoms with Crippen LogP contribution in [0.3, 0.4) is 0 Å². The molecule has 1 aliphatic rings. The summed E-state index contributed by atoms with van der Waals surface area (Å²) >= 11 is 0. The van der Waals surface area contributed by atoms with E-state index < -0.39 is 7.12 Å². The fraction of sp³-hybridized carbons (Fsp3) is 0.812. The summed E-state index contributed by atoms with van der Waals surface area (Å²) in [6.07, 6.45) is 5.56. The van der Waals surface area contributed by atoms with Gasteiger partial charge in [0.05, 0.1) is 11.4 Å². The van der Waals surface area contributed by atoms with Gasteiger partial charge < -0.3 is 15.8 Å². The van der Waals surface area contributed by atoms with Crippen molar-refractivity contribution in [2.24, 2.45) is 18.7 Å². The zero-order valence-electron chi connectivity index (χ0n) is 14.5. The van der Waals surface area contributed by atoms with Gasteiger partial charge in [-0.05, 0) is 57.6 Å². The smallest absolute Gasteiger partial charge is 0.427 e. The molecule has 1 saturated heterocycles. The lowest BCUT2D eigenvalue weighted by molar-refractivity contribution is 0.156. The minimum absolute atomic E-state index is 0.243. The van der Waals surface area contributed by atoms with Crippen molar-refractivity contribution in [1.82, 2.24) is 14.7 Å². The fourth-order valence-corrected chi connectivity index (χ4v) is 3.52. The highest BCUT2D eigenvalue weighted by molar-refractivity contribution is 6.40. The zero-order chi connectivity index (χ0) is 16.8. The van der Waals surface area contributed by atoms with E-state index >= 15 is 0 Å². The first-order chi connectivity index (χ1) is 11.0. The van der Waals surface area contributed by atoms with Crippen LogP contribution in [0.4, 0.5) is 0 Å². The molecule has 0 amide bonds. The largest absolute Gasteiger partial charge is 0.451 e. The number of hydrogen-bond donors (Lipinski definition) is 3. The second kappa shape index (κ2) is 8.82. The lowest BCUT2D eigenvalue weighted by atomic mass is 9.82. The Balaban J connectivity index is 1.68. The van der Waals surface area contributed by atoms with Gasteiger partial charge in [0.15, 0.2) is 0 Å². The van der Waals surface area contributed by atoms with Crippen molar-refractivity contribution >= 4 is 7.12 Å². The highest BCUT2D eigenvalue weighted by Gasteiger charge is 2.24. The van der Waals surface area contributed by atoms with Crippen molar-refractivity contribution in [2.45, 2.75) is 57.9 Å². The van der Waals surface area contributed by atoms with Crippen LogP contribution in [0, 0.1) is 12.8 Å². The van der Waals surface area contributed by atoms with E-state index in [4.69, 9.17) is 15.8 Å². The molecule has 23 heavy (non-hydrogen) atoms. The van der Waals surface area contributed by atoms with Crippen LogP contribution in [-0.2, 0) is 13.6 Å². The second-order valence-corrected chi connectivity index (χ2v) is 6.94. The summed E-state index contributed by atoms with van der Waals surface area (Å²) in [5, 5.41) is 22.1. The summed E-state index contributed by atoms with van der Waals surface area (Å²) in [6.45, 7) is 5.19. The Kier molecular flexibility index (Phi) is 7.08. The van der Waals surface area contributed by atoms with Crippen LogP contribution >= 0.6 is 0 Å². The highest BCUT2D eigenvalue weighted by Crippen LogP contribution is 2.23. The molecule has 0 saturated carbocycles. The molecular weight excluding hydrogens is 291 g/mol. The summed E-state index contributed by atoms with van der Waals surface area (Å²) in [6, 6.07) is 2.40. The van der Waals surface area contributed by atoms with Crippen LogP contribution in [0.5, 0.6) is 0 Å². The number of likely N-dealkylation sites (tertiary alicyclic amines) is 1. The Labute approximate surface area is 139 Å². The Morgan fingerprint density at radius 3 is 2.61 bits per heavy atom. The molecular formula is C16H31BN4O2. The van der Waals surface area contributed by atoms with Gasteiger partial charge in [0.1, 0.15) is 0 Å². The third-order valence-corrected chi connectivity index (χ3v) is 4.97. The SMILES string of the molecule is Cc1cc(CN2CCC(C(N)CCCCB(O)O)CC2)n(C)n1. The van der Waals surface area contributed by atoms with Gasteiger partial charge >= 0.3 is 7.12 Å². The standard InChI is InChI=1S/C16H31BN4O2/c1-13-11-15(20(2)19-13)12-21-9-6-14(7-10-21)16(18)5-3-4-8-17(22)23/h11,14,16,22-23H,3-10,12,18H2,1-2H3. The number of piperidine rings is 1. The monoisotopic (exact) mass is 322 g/mol. The van der Waals surface area contributed by atoms with Crippen molar-refractivity contribution in [1.29, 1.82) is 0 Å². The average molecular weight is 322 g/mol.